The highest BCUT2D eigenvalue weighted by molar-refractivity contribution is 5.94. The fraction of sp³-hybridized carbons (Fsp3) is 0.611. The third-order valence-electron chi connectivity index (χ3n) is 4.15. The number of nitrogens with zero attached hydrogens (tertiary/aromatic N) is 1. The van der Waals surface area contributed by atoms with Gasteiger partial charge >= 0.3 is 0 Å². The van der Waals surface area contributed by atoms with Crippen LogP contribution in [0.5, 0.6) is 0 Å². The zero-order valence-corrected chi connectivity index (χ0v) is 14.1. The Morgan fingerprint density at radius 1 is 1.14 bits per heavy atom. The molecule has 1 aliphatic heterocycles. The maximum atomic E-state index is 11.7. The van der Waals surface area contributed by atoms with E-state index in [1.54, 1.807) is 6.92 Å². The number of carbonyl (C=O) groups is 1. The lowest BCUT2D eigenvalue weighted by atomic mass is 10.1. The Balaban J connectivity index is 2.72. The molecular weight excluding hydrogens is 260 g/mol. The van der Waals surface area contributed by atoms with Gasteiger partial charge in [0.2, 0.25) is 0 Å². The van der Waals surface area contributed by atoms with E-state index in [1.807, 2.05) is 26.8 Å². The molecule has 0 amide bonds. The third kappa shape index (κ3) is 5.88. The molecule has 1 heterocycles. The van der Waals surface area contributed by atoms with Gasteiger partial charge in [-0.1, -0.05) is 25.5 Å². The Kier molecular flexibility index (Phi) is 7.44. The van der Waals surface area contributed by atoms with Gasteiger partial charge in [0.05, 0.1) is 0 Å². The quantitative estimate of drug-likeness (QED) is 0.596. The number of hydrogen-bond donors (Lipinski definition) is 1. The van der Waals surface area contributed by atoms with Crippen LogP contribution in [-0.2, 0) is 4.79 Å². The van der Waals surface area contributed by atoms with Crippen LogP contribution in [0.4, 0.5) is 0 Å². The van der Waals surface area contributed by atoms with Crippen LogP contribution in [0.1, 0.15) is 53.4 Å². The number of ketones is 1. The summed E-state index contributed by atoms with van der Waals surface area (Å²) in [6.45, 7) is 14.8. The molecule has 0 aromatic rings. The van der Waals surface area contributed by atoms with Crippen LogP contribution < -0.4 is 5.32 Å². The summed E-state index contributed by atoms with van der Waals surface area (Å²) in [7, 11) is 0. The summed E-state index contributed by atoms with van der Waals surface area (Å²) in [6.07, 6.45) is 7.24. The maximum absolute atomic E-state index is 11.7. The summed E-state index contributed by atoms with van der Waals surface area (Å²) in [5, 5.41) is 3.37. The monoisotopic (exact) mass is 290 g/mol. The van der Waals surface area contributed by atoms with E-state index in [9.17, 15) is 4.79 Å². The normalized spacial score (nSPS) is 18.8. The Morgan fingerprint density at radius 3 is 2.19 bits per heavy atom. The number of carbonyl (C=O) groups excluding carboxylic acids is 1. The van der Waals surface area contributed by atoms with Gasteiger partial charge in [0.15, 0.2) is 5.78 Å². The van der Waals surface area contributed by atoms with Crippen LogP contribution in [0.25, 0.3) is 0 Å². The number of nitrogens with one attached hydrogen (secondary N) is 1. The topological polar surface area (TPSA) is 32.3 Å². The first-order valence-electron chi connectivity index (χ1n) is 7.98. The molecule has 0 aliphatic carbocycles. The van der Waals surface area contributed by atoms with Crippen molar-refractivity contribution in [2.75, 3.05) is 19.6 Å². The molecule has 1 saturated heterocycles. The fourth-order valence-electron chi connectivity index (χ4n) is 2.59. The summed E-state index contributed by atoms with van der Waals surface area (Å²) in [6, 6.07) is 0. The van der Waals surface area contributed by atoms with Gasteiger partial charge in [0.1, 0.15) is 0 Å². The fourth-order valence-corrected chi connectivity index (χ4v) is 2.59. The molecule has 1 aliphatic rings. The Bertz CT molecular complexity index is 438. The first-order valence-corrected chi connectivity index (χ1v) is 7.98. The van der Waals surface area contributed by atoms with E-state index in [2.05, 4.69) is 16.8 Å². The van der Waals surface area contributed by atoms with Crippen LogP contribution in [0.3, 0.4) is 0 Å². The second-order valence-electron chi connectivity index (χ2n) is 5.95. The van der Waals surface area contributed by atoms with Crippen molar-refractivity contribution in [3.05, 3.63) is 35.2 Å². The number of rotatable bonds is 6. The number of allylic oxidation sites excluding steroid dienone is 3. The average Bonchev–Trinajstić information content (AvgIpc) is 2.71. The van der Waals surface area contributed by atoms with Crippen LogP contribution in [0.2, 0.25) is 0 Å². The van der Waals surface area contributed by atoms with E-state index in [-0.39, 0.29) is 5.78 Å². The molecule has 0 saturated carbocycles. The van der Waals surface area contributed by atoms with E-state index < -0.39 is 0 Å². The van der Waals surface area contributed by atoms with Gasteiger partial charge in [-0.2, -0.15) is 0 Å². The van der Waals surface area contributed by atoms with Gasteiger partial charge in [0, 0.05) is 23.5 Å². The lowest BCUT2D eigenvalue weighted by Gasteiger charge is -2.23. The highest BCUT2D eigenvalue weighted by atomic mass is 16.1. The van der Waals surface area contributed by atoms with Crippen molar-refractivity contribution in [2.24, 2.45) is 0 Å². The van der Waals surface area contributed by atoms with Crippen LogP contribution in [-0.4, -0.2) is 30.3 Å². The highest BCUT2D eigenvalue weighted by Gasteiger charge is 2.13. The summed E-state index contributed by atoms with van der Waals surface area (Å²) in [5.74, 6) is 0.0984. The van der Waals surface area contributed by atoms with Crippen LogP contribution in [0.15, 0.2) is 35.2 Å². The van der Waals surface area contributed by atoms with Crippen molar-refractivity contribution < 1.29 is 4.79 Å². The smallest absolute Gasteiger partial charge is 0.157 e. The molecular formula is C18H30N2O. The molecule has 3 heteroatoms. The van der Waals surface area contributed by atoms with Crippen molar-refractivity contribution in [3.63, 3.8) is 0 Å². The van der Waals surface area contributed by atoms with Crippen molar-refractivity contribution in [1.82, 2.24) is 10.2 Å². The minimum atomic E-state index is 0.0984. The van der Waals surface area contributed by atoms with E-state index in [0.29, 0.717) is 0 Å². The second-order valence-corrected chi connectivity index (χ2v) is 5.95. The molecule has 0 unspecified atom stereocenters. The number of Topliss-reactive ketones (excluding diaryl/α,β-unsaturated/α-hetero) is 1. The van der Waals surface area contributed by atoms with Gasteiger partial charge in [-0.15, -0.1) is 0 Å². The zero-order chi connectivity index (χ0) is 15.8. The predicted molar refractivity (Wildman–Crippen MR) is 90.0 cm³/mol. The minimum absolute atomic E-state index is 0.0984. The molecule has 21 heavy (non-hydrogen) atoms. The van der Waals surface area contributed by atoms with Gasteiger partial charge in [-0.3, -0.25) is 9.69 Å². The molecule has 1 rings (SSSR count). The Labute approximate surface area is 129 Å². The summed E-state index contributed by atoms with van der Waals surface area (Å²) in [4.78, 5) is 14.1. The van der Waals surface area contributed by atoms with Gasteiger partial charge in [-0.25, -0.2) is 0 Å². The molecule has 3 nitrogen and oxygen atoms in total. The van der Waals surface area contributed by atoms with Gasteiger partial charge < -0.3 is 5.32 Å². The van der Waals surface area contributed by atoms with E-state index in [4.69, 9.17) is 0 Å². The zero-order valence-electron chi connectivity index (χ0n) is 14.1. The van der Waals surface area contributed by atoms with Crippen molar-refractivity contribution in [2.45, 2.75) is 53.4 Å². The van der Waals surface area contributed by atoms with E-state index in [0.717, 1.165) is 42.2 Å². The SMILES string of the molecule is C=C(CN1CCCCCC1)NC(/C(C)=C\C)=C(/C)C(C)=O. The van der Waals surface area contributed by atoms with Crippen molar-refractivity contribution in [3.8, 4) is 0 Å². The Morgan fingerprint density at radius 2 is 1.71 bits per heavy atom. The predicted octanol–water partition coefficient (Wildman–Crippen LogP) is 3.79. The minimum Gasteiger partial charge on any atom is -0.358 e. The second kappa shape index (κ2) is 8.83. The number of likely N-dealkylation sites (tertiary alicyclic amines) is 1. The first-order chi connectivity index (χ1) is 9.95. The summed E-state index contributed by atoms with van der Waals surface area (Å²) in [5.41, 5.74) is 3.72. The molecule has 0 spiro atoms. The van der Waals surface area contributed by atoms with Crippen molar-refractivity contribution >= 4 is 5.78 Å². The van der Waals surface area contributed by atoms with E-state index >= 15 is 0 Å². The van der Waals surface area contributed by atoms with Gasteiger partial charge in [0.25, 0.3) is 0 Å². The largest absolute Gasteiger partial charge is 0.358 e. The average molecular weight is 290 g/mol. The molecule has 118 valence electrons. The summed E-state index contributed by atoms with van der Waals surface area (Å²) < 4.78 is 0. The Hall–Kier alpha value is -1.35. The number of hydrogen-bond acceptors (Lipinski definition) is 3. The van der Waals surface area contributed by atoms with Gasteiger partial charge in [-0.05, 0) is 59.2 Å². The molecule has 0 aromatic carbocycles. The molecule has 0 radical (unpaired) electrons. The van der Waals surface area contributed by atoms with Crippen LogP contribution in [0, 0.1) is 0 Å². The van der Waals surface area contributed by atoms with Crippen molar-refractivity contribution in [1.29, 1.82) is 0 Å². The maximum Gasteiger partial charge on any atom is 0.157 e. The first kappa shape index (κ1) is 17.7. The summed E-state index contributed by atoms with van der Waals surface area (Å²) >= 11 is 0. The third-order valence-corrected chi connectivity index (χ3v) is 4.15. The standard InChI is InChI=1S/C18H30N2O/c1-6-14(2)18(16(4)17(5)21)19-15(3)13-20-11-9-7-8-10-12-20/h6,19H,3,7-13H2,1-2,4-5H3/b14-6-,18-16-. The van der Waals surface area contributed by atoms with Crippen LogP contribution >= 0.6 is 0 Å². The lowest BCUT2D eigenvalue weighted by Crippen LogP contribution is -2.31. The van der Waals surface area contributed by atoms with E-state index in [1.165, 1.54) is 25.7 Å². The molecule has 1 fully saturated rings. The lowest BCUT2D eigenvalue weighted by molar-refractivity contribution is -0.113. The molecule has 0 bridgehead atoms. The highest BCUT2D eigenvalue weighted by Crippen LogP contribution is 2.15. The molecule has 0 atom stereocenters. The molecule has 0 aromatic heterocycles. The molecule has 1 N–H and O–H groups in total.